The third-order valence-corrected chi connectivity index (χ3v) is 2.88. The fraction of sp³-hybridized carbons (Fsp3) is 0. The maximum absolute atomic E-state index is 10.4. The lowest BCUT2D eigenvalue weighted by molar-refractivity contribution is -0.131. The van der Waals surface area contributed by atoms with Crippen molar-refractivity contribution in [1.82, 2.24) is 4.98 Å². The van der Waals surface area contributed by atoms with E-state index >= 15 is 0 Å². The number of nitrogens with zero attached hydrogens (tertiary/aromatic N) is 1. The number of phenols is 1. The molecular weight excluding hydrogens is 277 g/mol. The third kappa shape index (κ3) is 2.39. The molecule has 0 aliphatic rings. The lowest BCUT2D eigenvalue weighted by atomic mass is 10.2. The smallest absolute Gasteiger partial charge is 0.328 e. The van der Waals surface area contributed by atoms with Crippen LogP contribution in [-0.4, -0.2) is 21.2 Å². The molecule has 92 valence electrons. The highest BCUT2D eigenvalue weighted by atomic mass is 35.5. The zero-order valence-electron chi connectivity index (χ0n) is 8.89. The number of hydrogen-bond donors (Lipinski definition) is 2. The number of pyridine rings is 1. The summed E-state index contributed by atoms with van der Waals surface area (Å²) in [4.78, 5) is 14.5. The van der Waals surface area contributed by atoms with E-state index in [0.29, 0.717) is 16.1 Å². The van der Waals surface area contributed by atoms with E-state index in [9.17, 15) is 9.90 Å². The number of aromatic hydroxyl groups is 1. The van der Waals surface area contributed by atoms with Crippen LogP contribution in [0.25, 0.3) is 17.0 Å². The number of aromatic nitrogens is 1. The Balaban J connectivity index is 2.64. The average Bonchev–Trinajstić information content (AvgIpc) is 2.33. The Labute approximate surface area is 112 Å². The van der Waals surface area contributed by atoms with Gasteiger partial charge in [0.25, 0.3) is 0 Å². The minimum Gasteiger partial charge on any atom is -0.504 e. The zero-order chi connectivity index (χ0) is 13.3. The molecule has 1 aromatic carbocycles. The van der Waals surface area contributed by atoms with Gasteiger partial charge in [0.2, 0.25) is 0 Å². The summed E-state index contributed by atoms with van der Waals surface area (Å²) in [6.45, 7) is 0. The van der Waals surface area contributed by atoms with Gasteiger partial charge in [0, 0.05) is 11.5 Å². The lowest BCUT2D eigenvalue weighted by Crippen LogP contribution is -1.89. The minimum absolute atomic E-state index is 0.0966. The number of carboxylic acid groups (broad SMARTS) is 1. The van der Waals surface area contributed by atoms with Crippen LogP contribution < -0.4 is 0 Å². The first-order valence-electron chi connectivity index (χ1n) is 4.88. The molecule has 2 N–H and O–H groups in total. The Morgan fingerprint density at radius 3 is 2.67 bits per heavy atom. The van der Waals surface area contributed by atoms with Crippen LogP contribution in [0.4, 0.5) is 0 Å². The van der Waals surface area contributed by atoms with E-state index in [1.54, 1.807) is 12.1 Å². The van der Waals surface area contributed by atoms with Crippen LogP contribution in [0.1, 0.15) is 5.69 Å². The summed E-state index contributed by atoms with van der Waals surface area (Å²) in [6.07, 6.45) is 2.27. The lowest BCUT2D eigenvalue weighted by Gasteiger charge is -2.05. The maximum atomic E-state index is 10.4. The number of carboxylic acids is 1. The van der Waals surface area contributed by atoms with Gasteiger partial charge in [-0.2, -0.15) is 0 Å². The quantitative estimate of drug-likeness (QED) is 0.830. The molecule has 0 unspecified atom stereocenters. The van der Waals surface area contributed by atoms with E-state index in [-0.39, 0.29) is 16.3 Å². The fourth-order valence-corrected chi connectivity index (χ4v) is 1.98. The van der Waals surface area contributed by atoms with Gasteiger partial charge in [0.15, 0.2) is 5.75 Å². The molecule has 0 fully saturated rings. The van der Waals surface area contributed by atoms with Crippen molar-refractivity contribution in [3.05, 3.63) is 40.0 Å². The third-order valence-electron chi connectivity index (χ3n) is 2.27. The maximum Gasteiger partial charge on any atom is 0.328 e. The highest BCUT2D eigenvalue weighted by Gasteiger charge is 2.10. The van der Waals surface area contributed by atoms with Gasteiger partial charge < -0.3 is 10.2 Å². The van der Waals surface area contributed by atoms with E-state index in [1.807, 2.05) is 0 Å². The van der Waals surface area contributed by atoms with E-state index in [2.05, 4.69) is 4.98 Å². The molecule has 1 heterocycles. The molecule has 0 bridgehead atoms. The van der Waals surface area contributed by atoms with Crippen LogP contribution in [0.15, 0.2) is 24.3 Å². The number of carbonyl (C=O) groups is 1. The van der Waals surface area contributed by atoms with Gasteiger partial charge in [-0.25, -0.2) is 9.78 Å². The Kier molecular flexibility index (Phi) is 3.41. The molecule has 1 aromatic heterocycles. The van der Waals surface area contributed by atoms with Crippen molar-refractivity contribution >= 4 is 46.2 Å². The van der Waals surface area contributed by atoms with E-state index in [4.69, 9.17) is 28.3 Å². The van der Waals surface area contributed by atoms with Crippen molar-refractivity contribution < 1.29 is 15.0 Å². The number of aliphatic carboxylic acids is 1. The zero-order valence-corrected chi connectivity index (χ0v) is 10.4. The van der Waals surface area contributed by atoms with Crippen molar-refractivity contribution in [2.75, 3.05) is 0 Å². The van der Waals surface area contributed by atoms with Crippen LogP contribution in [0.5, 0.6) is 5.75 Å². The SMILES string of the molecule is O=C(O)C=Cc1ccc2c(Cl)cc(Cl)c(O)c2n1. The molecule has 0 saturated heterocycles. The van der Waals surface area contributed by atoms with Crippen molar-refractivity contribution in [1.29, 1.82) is 0 Å². The molecule has 2 rings (SSSR count). The number of fused-ring (bicyclic) bond motifs is 1. The monoisotopic (exact) mass is 283 g/mol. The second-order valence-corrected chi connectivity index (χ2v) is 4.31. The molecule has 0 aliphatic heterocycles. The van der Waals surface area contributed by atoms with Crippen LogP contribution in [0.3, 0.4) is 0 Å². The van der Waals surface area contributed by atoms with Crippen molar-refractivity contribution in [2.45, 2.75) is 0 Å². The predicted octanol–water partition coefficient (Wildman–Crippen LogP) is 3.35. The highest BCUT2D eigenvalue weighted by Crippen LogP contribution is 2.36. The Bertz CT molecular complexity index is 668. The molecule has 2 aromatic rings. The molecule has 0 amide bonds. The summed E-state index contributed by atoms with van der Waals surface area (Å²) < 4.78 is 0. The molecule has 0 aliphatic carbocycles. The molecule has 18 heavy (non-hydrogen) atoms. The summed E-state index contributed by atoms with van der Waals surface area (Å²) in [7, 11) is 0. The first-order valence-corrected chi connectivity index (χ1v) is 5.63. The summed E-state index contributed by atoms with van der Waals surface area (Å²) in [5.74, 6) is -1.26. The molecule has 0 spiro atoms. The summed E-state index contributed by atoms with van der Waals surface area (Å²) in [5, 5.41) is 19.3. The Hall–Kier alpha value is -1.78. The van der Waals surface area contributed by atoms with Gasteiger partial charge in [-0.05, 0) is 24.3 Å². The largest absolute Gasteiger partial charge is 0.504 e. The van der Waals surface area contributed by atoms with Crippen molar-refractivity contribution in [3.63, 3.8) is 0 Å². The van der Waals surface area contributed by atoms with Crippen molar-refractivity contribution in [2.24, 2.45) is 0 Å². The minimum atomic E-state index is -1.08. The summed E-state index contributed by atoms with van der Waals surface area (Å²) in [5.41, 5.74) is 0.624. The van der Waals surface area contributed by atoms with Gasteiger partial charge in [0.1, 0.15) is 5.52 Å². The van der Waals surface area contributed by atoms with Gasteiger partial charge in [-0.15, -0.1) is 0 Å². The Morgan fingerprint density at radius 1 is 1.28 bits per heavy atom. The highest BCUT2D eigenvalue weighted by molar-refractivity contribution is 6.39. The molecule has 0 saturated carbocycles. The van der Waals surface area contributed by atoms with Crippen LogP contribution in [0, 0.1) is 0 Å². The standard InChI is InChI=1S/C12H7Cl2NO3/c13-8-5-9(14)12(18)11-7(8)3-1-6(15-11)2-4-10(16)17/h1-5,18H,(H,16,17). The molecule has 6 heteroatoms. The molecular formula is C12H7Cl2NO3. The van der Waals surface area contributed by atoms with E-state index in [1.165, 1.54) is 12.1 Å². The number of rotatable bonds is 2. The van der Waals surface area contributed by atoms with E-state index in [0.717, 1.165) is 6.08 Å². The molecule has 4 nitrogen and oxygen atoms in total. The van der Waals surface area contributed by atoms with Gasteiger partial charge >= 0.3 is 5.97 Å². The van der Waals surface area contributed by atoms with Crippen LogP contribution in [0.2, 0.25) is 10.0 Å². The number of phenolic OH excluding ortho intramolecular Hbond substituents is 1. The fourth-order valence-electron chi connectivity index (χ4n) is 1.47. The first-order chi connectivity index (χ1) is 8.49. The molecule has 0 atom stereocenters. The number of halogens is 2. The van der Waals surface area contributed by atoms with Gasteiger partial charge in [-0.1, -0.05) is 23.2 Å². The normalized spacial score (nSPS) is 11.2. The Morgan fingerprint density at radius 2 is 2.00 bits per heavy atom. The summed E-state index contributed by atoms with van der Waals surface area (Å²) in [6, 6.07) is 4.67. The van der Waals surface area contributed by atoms with E-state index < -0.39 is 5.97 Å². The van der Waals surface area contributed by atoms with Crippen LogP contribution in [-0.2, 0) is 4.79 Å². The predicted molar refractivity (Wildman–Crippen MR) is 70.1 cm³/mol. The van der Waals surface area contributed by atoms with Crippen LogP contribution >= 0.6 is 23.2 Å². The van der Waals surface area contributed by atoms with Gasteiger partial charge in [-0.3, -0.25) is 0 Å². The van der Waals surface area contributed by atoms with Crippen molar-refractivity contribution in [3.8, 4) is 5.75 Å². The topological polar surface area (TPSA) is 70.4 Å². The average molecular weight is 284 g/mol. The second kappa shape index (κ2) is 4.84. The summed E-state index contributed by atoms with van der Waals surface area (Å²) >= 11 is 11.8. The number of benzene rings is 1. The molecule has 0 radical (unpaired) electrons. The van der Waals surface area contributed by atoms with Gasteiger partial charge in [0.05, 0.1) is 15.7 Å². The number of hydrogen-bond acceptors (Lipinski definition) is 3. The first kappa shape index (κ1) is 12.7. The second-order valence-electron chi connectivity index (χ2n) is 3.49.